The van der Waals surface area contributed by atoms with Crippen LogP contribution in [0.1, 0.15) is 30.9 Å². The van der Waals surface area contributed by atoms with E-state index in [1.54, 1.807) is 49.4 Å². The summed E-state index contributed by atoms with van der Waals surface area (Å²) in [5, 5.41) is 12.4. The predicted molar refractivity (Wildman–Crippen MR) is 88.9 cm³/mol. The molecule has 1 atom stereocenters. The molecule has 0 aromatic heterocycles. The van der Waals surface area contributed by atoms with E-state index in [0.29, 0.717) is 12.0 Å². The summed E-state index contributed by atoms with van der Waals surface area (Å²) in [4.78, 5) is 24.1. The van der Waals surface area contributed by atoms with Crippen LogP contribution < -0.4 is 5.32 Å². The second-order valence-electron chi connectivity index (χ2n) is 5.60. The second kappa shape index (κ2) is 7.73. The minimum absolute atomic E-state index is 0.132. The molecule has 2 aromatic rings. The van der Waals surface area contributed by atoms with Crippen molar-refractivity contribution in [2.75, 3.05) is 0 Å². The first-order valence-electron chi connectivity index (χ1n) is 7.82. The van der Waals surface area contributed by atoms with Crippen LogP contribution >= 0.6 is 0 Å². The lowest BCUT2D eigenvalue weighted by Crippen LogP contribution is -2.51. The maximum absolute atomic E-state index is 12.9. The topological polar surface area (TPSA) is 66.4 Å². The lowest BCUT2D eigenvalue weighted by atomic mass is 9.87. The van der Waals surface area contributed by atoms with Gasteiger partial charge in [-0.05, 0) is 36.1 Å². The van der Waals surface area contributed by atoms with Crippen molar-refractivity contribution in [2.24, 2.45) is 0 Å². The van der Waals surface area contributed by atoms with Gasteiger partial charge < -0.3 is 10.4 Å². The third-order valence-corrected chi connectivity index (χ3v) is 4.07. The maximum Gasteiger partial charge on any atom is 0.334 e. The van der Waals surface area contributed by atoms with Gasteiger partial charge in [0, 0.05) is 6.42 Å². The molecular formula is C19H20FNO3. The standard InChI is InChI=1S/C19H20FNO3/c1-2-19(18(23)24,15-6-4-3-5-7-15)21-17(22)13-10-14-8-11-16(20)12-9-14/h3-9,11-12H,2,10,13H2,1H3,(H,21,22)(H,23,24). The molecule has 0 saturated carbocycles. The van der Waals surface area contributed by atoms with Crippen molar-refractivity contribution >= 4 is 11.9 Å². The van der Waals surface area contributed by atoms with Crippen LogP contribution in [0.3, 0.4) is 0 Å². The number of nitrogens with one attached hydrogen (secondary N) is 1. The molecule has 24 heavy (non-hydrogen) atoms. The van der Waals surface area contributed by atoms with E-state index in [0.717, 1.165) is 5.56 Å². The predicted octanol–water partition coefficient (Wildman–Crippen LogP) is 3.26. The number of carboxylic acids is 1. The van der Waals surface area contributed by atoms with Gasteiger partial charge in [0.15, 0.2) is 5.54 Å². The number of hydrogen-bond donors (Lipinski definition) is 2. The Morgan fingerprint density at radius 1 is 1.08 bits per heavy atom. The lowest BCUT2D eigenvalue weighted by Gasteiger charge is -2.30. The van der Waals surface area contributed by atoms with Gasteiger partial charge in [0.05, 0.1) is 0 Å². The highest BCUT2D eigenvalue weighted by Gasteiger charge is 2.39. The van der Waals surface area contributed by atoms with Crippen molar-refractivity contribution in [3.63, 3.8) is 0 Å². The Morgan fingerprint density at radius 3 is 2.25 bits per heavy atom. The summed E-state index contributed by atoms with van der Waals surface area (Å²) >= 11 is 0. The number of carbonyl (C=O) groups is 2. The van der Waals surface area contributed by atoms with Gasteiger partial charge in [-0.3, -0.25) is 4.79 Å². The van der Waals surface area contributed by atoms with E-state index in [1.165, 1.54) is 12.1 Å². The zero-order chi connectivity index (χ0) is 17.6. The van der Waals surface area contributed by atoms with Gasteiger partial charge in [0.25, 0.3) is 0 Å². The van der Waals surface area contributed by atoms with E-state index in [1.807, 2.05) is 0 Å². The monoisotopic (exact) mass is 329 g/mol. The van der Waals surface area contributed by atoms with E-state index in [-0.39, 0.29) is 24.6 Å². The van der Waals surface area contributed by atoms with Crippen molar-refractivity contribution in [1.29, 1.82) is 0 Å². The molecule has 0 heterocycles. The van der Waals surface area contributed by atoms with Gasteiger partial charge >= 0.3 is 5.97 Å². The fourth-order valence-corrected chi connectivity index (χ4v) is 2.62. The Balaban J connectivity index is 2.10. The summed E-state index contributed by atoms with van der Waals surface area (Å²) in [7, 11) is 0. The fourth-order valence-electron chi connectivity index (χ4n) is 2.62. The van der Waals surface area contributed by atoms with Crippen LogP contribution in [0.25, 0.3) is 0 Å². The summed E-state index contributed by atoms with van der Waals surface area (Å²) in [5.41, 5.74) is -0.0833. The van der Waals surface area contributed by atoms with Crippen LogP contribution in [0.4, 0.5) is 4.39 Å². The van der Waals surface area contributed by atoms with Crippen LogP contribution in [0, 0.1) is 5.82 Å². The van der Waals surface area contributed by atoms with E-state index in [4.69, 9.17) is 0 Å². The third-order valence-electron chi connectivity index (χ3n) is 4.07. The summed E-state index contributed by atoms with van der Waals surface area (Å²) in [6.07, 6.45) is 0.780. The number of aliphatic carboxylic acids is 1. The highest BCUT2D eigenvalue weighted by atomic mass is 19.1. The summed E-state index contributed by atoms with van der Waals surface area (Å²) in [5.74, 6) is -1.78. The summed E-state index contributed by atoms with van der Waals surface area (Å²) in [6, 6.07) is 14.6. The first kappa shape index (κ1) is 17.7. The number of rotatable bonds is 7. The normalized spacial score (nSPS) is 13.1. The van der Waals surface area contributed by atoms with Gasteiger partial charge in [0.2, 0.25) is 5.91 Å². The Labute approximate surface area is 140 Å². The number of hydrogen-bond acceptors (Lipinski definition) is 2. The minimum atomic E-state index is -1.44. The molecule has 0 aliphatic carbocycles. The SMILES string of the molecule is CCC(NC(=O)CCc1ccc(F)cc1)(C(=O)O)c1ccccc1. The van der Waals surface area contributed by atoms with Gasteiger partial charge in [-0.15, -0.1) is 0 Å². The third kappa shape index (κ3) is 3.98. The fraction of sp³-hybridized carbons (Fsp3) is 0.263. The van der Waals surface area contributed by atoms with E-state index in [9.17, 15) is 19.1 Å². The number of amides is 1. The summed E-state index contributed by atoms with van der Waals surface area (Å²) < 4.78 is 12.9. The largest absolute Gasteiger partial charge is 0.479 e. The second-order valence-corrected chi connectivity index (χ2v) is 5.60. The van der Waals surface area contributed by atoms with Gasteiger partial charge in [-0.2, -0.15) is 0 Å². The van der Waals surface area contributed by atoms with Crippen molar-refractivity contribution in [1.82, 2.24) is 5.32 Å². The molecule has 2 N–H and O–H groups in total. The van der Waals surface area contributed by atoms with Gasteiger partial charge in [0.1, 0.15) is 5.82 Å². The molecule has 0 spiro atoms. The van der Waals surface area contributed by atoms with E-state index >= 15 is 0 Å². The minimum Gasteiger partial charge on any atom is -0.479 e. The van der Waals surface area contributed by atoms with Crippen molar-refractivity contribution in [2.45, 2.75) is 31.7 Å². The molecular weight excluding hydrogens is 309 g/mol. The van der Waals surface area contributed by atoms with E-state index in [2.05, 4.69) is 5.32 Å². The first-order valence-corrected chi connectivity index (χ1v) is 7.82. The summed E-state index contributed by atoms with van der Waals surface area (Å²) in [6.45, 7) is 1.72. The van der Waals surface area contributed by atoms with Crippen LogP contribution in [-0.2, 0) is 21.5 Å². The van der Waals surface area contributed by atoms with Crippen LogP contribution in [0.2, 0.25) is 0 Å². The molecule has 1 unspecified atom stereocenters. The lowest BCUT2D eigenvalue weighted by molar-refractivity contribution is -0.148. The quantitative estimate of drug-likeness (QED) is 0.819. The average Bonchev–Trinajstić information content (AvgIpc) is 2.59. The van der Waals surface area contributed by atoms with Crippen LogP contribution in [-0.4, -0.2) is 17.0 Å². The average molecular weight is 329 g/mol. The van der Waals surface area contributed by atoms with Crippen LogP contribution in [0.15, 0.2) is 54.6 Å². The number of benzene rings is 2. The molecule has 0 aliphatic heterocycles. The number of carbonyl (C=O) groups excluding carboxylic acids is 1. The van der Waals surface area contributed by atoms with Crippen molar-refractivity contribution in [3.05, 3.63) is 71.5 Å². The molecule has 2 aromatic carbocycles. The Kier molecular flexibility index (Phi) is 5.68. The highest BCUT2D eigenvalue weighted by molar-refractivity contribution is 5.88. The van der Waals surface area contributed by atoms with Crippen molar-refractivity contribution in [3.8, 4) is 0 Å². The molecule has 126 valence electrons. The Morgan fingerprint density at radius 2 is 1.71 bits per heavy atom. The van der Waals surface area contributed by atoms with E-state index < -0.39 is 11.5 Å². The molecule has 0 bridgehead atoms. The Bertz CT molecular complexity index is 700. The molecule has 0 saturated heterocycles. The van der Waals surface area contributed by atoms with Gasteiger partial charge in [-0.25, -0.2) is 9.18 Å². The molecule has 1 amide bonds. The molecule has 0 aliphatic rings. The van der Waals surface area contributed by atoms with Crippen molar-refractivity contribution < 1.29 is 19.1 Å². The highest BCUT2D eigenvalue weighted by Crippen LogP contribution is 2.25. The molecule has 5 heteroatoms. The molecule has 0 fully saturated rings. The Hall–Kier alpha value is -2.69. The zero-order valence-corrected chi connectivity index (χ0v) is 13.5. The maximum atomic E-state index is 12.9. The molecule has 4 nitrogen and oxygen atoms in total. The van der Waals surface area contributed by atoms with Crippen LogP contribution in [0.5, 0.6) is 0 Å². The molecule has 2 rings (SSSR count). The van der Waals surface area contributed by atoms with Gasteiger partial charge in [-0.1, -0.05) is 49.4 Å². The zero-order valence-electron chi connectivity index (χ0n) is 13.5. The number of halogens is 1. The smallest absolute Gasteiger partial charge is 0.334 e. The number of carboxylic acid groups (broad SMARTS) is 1. The number of aryl methyl sites for hydroxylation is 1. The first-order chi connectivity index (χ1) is 11.5. The molecule has 0 radical (unpaired) electrons.